The zero-order valence-corrected chi connectivity index (χ0v) is 24.3. The van der Waals surface area contributed by atoms with Crippen LogP contribution in [0.5, 0.6) is 0 Å². The van der Waals surface area contributed by atoms with Crippen LogP contribution in [0.2, 0.25) is 15.1 Å². The van der Waals surface area contributed by atoms with Crippen molar-refractivity contribution in [1.82, 2.24) is 10.2 Å². The Morgan fingerprint density at radius 2 is 1.68 bits per heavy atom. The van der Waals surface area contributed by atoms with Crippen molar-refractivity contribution in [2.24, 2.45) is 0 Å². The summed E-state index contributed by atoms with van der Waals surface area (Å²) in [7, 11) is -3.99. The van der Waals surface area contributed by atoms with Gasteiger partial charge < -0.3 is 10.2 Å². The molecular weight excluding hydrogens is 576 g/mol. The van der Waals surface area contributed by atoms with E-state index in [4.69, 9.17) is 34.8 Å². The molecule has 0 radical (unpaired) electrons. The molecule has 1 aliphatic carbocycles. The van der Waals surface area contributed by atoms with Gasteiger partial charge in [-0.15, -0.1) is 0 Å². The lowest BCUT2D eigenvalue weighted by molar-refractivity contribution is -0.140. The van der Waals surface area contributed by atoms with Crippen LogP contribution in [0.15, 0.2) is 36.4 Å². The highest BCUT2D eigenvalue weighted by Gasteiger charge is 2.33. The Morgan fingerprint density at radius 3 is 2.24 bits per heavy atom. The molecule has 1 N–H and O–H groups in total. The Morgan fingerprint density at radius 1 is 1.05 bits per heavy atom. The number of anilines is 1. The normalized spacial score (nSPS) is 15.1. The molecule has 2 amide bonds. The second-order valence-electron chi connectivity index (χ2n) is 9.36. The van der Waals surface area contributed by atoms with Crippen molar-refractivity contribution in [1.29, 1.82) is 0 Å². The predicted octanol–water partition coefficient (Wildman–Crippen LogP) is 5.81. The molecule has 0 aliphatic heterocycles. The molecule has 1 aliphatic rings. The van der Waals surface area contributed by atoms with Crippen LogP contribution in [-0.4, -0.2) is 50.0 Å². The molecule has 0 saturated heterocycles. The SMILES string of the molecule is CC[C@H](C(=O)NC1CCCCC1)N(Cc1c(Cl)cccc1Cl)C(=O)CN(c1ccc(F)c(Cl)c1)S(C)(=O)=O. The van der Waals surface area contributed by atoms with Gasteiger partial charge in [-0.3, -0.25) is 13.9 Å². The van der Waals surface area contributed by atoms with Gasteiger partial charge >= 0.3 is 0 Å². The first-order valence-electron chi connectivity index (χ1n) is 12.4. The minimum absolute atomic E-state index is 0.0139. The molecule has 1 atom stereocenters. The molecule has 38 heavy (non-hydrogen) atoms. The van der Waals surface area contributed by atoms with Gasteiger partial charge in [0.05, 0.1) is 17.0 Å². The lowest BCUT2D eigenvalue weighted by Gasteiger charge is -2.34. The monoisotopic (exact) mass is 605 g/mol. The number of nitrogens with one attached hydrogen (secondary N) is 1. The van der Waals surface area contributed by atoms with Gasteiger partial charge in [-0.2, -0.15) is 0 Å². The van der Waals surface area contributed by atoms with Crippen LogP contribution in [0.25, 0.3) is 0 Å². The van der Waals surface area contributed by atoms with E-state index in [1.165, 1.54) is 11.0 Å². The van der Waals surface area contributed by atoms with E-state index in [1.54, 1.807) is 25.1 Å². The number of sulfonamides is 1. The van der Waals surface area contributed by atoms with Gasteiger partial charge in [-0.25, -0.2) is 12.8 Å². The average molecular weight is 607 g/mol. The third-order valence-electron chi connectivity index (χ3n) is 6.60. The molecule has 12 heteroatoms. The lowest BCUT2D eigenvalue weighted by atomic mass is 9.95. The molecule has 0 heterocycles. The zero-order valence-electron chi connectivity index (χ0n) is 21.2. The number of amides is 2. The summed E-state index contributed by atoms with van der Waals surface area (Å²) in [5.74, 6) is -1.71. The van der Waals surface area contributed by atoms with Gasteiger partial charge in [0.15, 0.2) is 0 Å². The maximum Gasteiger partial charge on any atom is 0.244 e. The van der Waals surface area contributed by atoms with Crippen LogP contribution in [0.3, 0.4) is 0 Å². The van der Waals surface area contributed by atoms with Crippen molar-refractivity contribution < 1.29 is 22.4 Å². The Hall–Kier alpha value is -2.07. The molecular formula is C26H31Cl3FN3O4S. The van der Waals surface area contributed by atoms with E-state index in [-0.39, 0.29) is 35.6 Å². The van der Waals surface area contributed by atoms with Gasteiger partial charge in [0.2, 0.25) is 21.8 Å². The maximum atomic E-state index is 13.8. The van der Waals surface area contributed by atoms with Crippen LogP contribution < -0.4 is 9.62 Å². The highest BCUT2D eigenvalue weighted by molar-refractivity contribution is 7.92. The summed E-state index contributed by atoms with van der Waals surface area (Å²) in [6, 6.07) is 7.39. The Kier molecular flexibility index (Phi) is 10.7. The molecule has 1 saturated carbocycles. The van der Waals surface area contributed by atoms with E-state index in [9.17, 15) is 22.4 Å². The van der Waals surface area contributed by atoms with Gasteiger partial charge in [0, 0.05) is 28.2 Å². The summed E-state index contributed by atoms with van der Waals surface area (Å²) in [4.78, 5) is 28.5. The summed E-state index contributed by atoms with van der Waals surface area (Å²) >= 11 is 18.7. The van der Waals surface area contributed by atoms with E-state index < -0.39 is 34.3 Å². The summed E-state index contributed by atoms with van der Waals surface area (Å²) in [6.45, 7) is 1.01. The number of hydrogen-bond donors (Lipinski definition) is 1. The first kappa shape index (κ1) is 30.5. The summed E-state index contributed by atoms with van der Waals surface area (Å²) in [5, 5.41) is 3.39. The van der Waals surface area contributed by atoms with Gasteiger partial charge in [0.25, 0.3) is 0 Å². The van der Waals surface area contributed by atoms with Crippen molar-refractivity contribution >= 4 is 62.3 Å². The fourth-order valence-corrected chi connectivity index (χ4v) is 6.10. The molecule has 1 fully saturated rings. The first-order valence-corrected chi connectivity index (χ1v) is 15.4. The molecule has 2 aromatic rings. The van der Waals surface area contributed by atoms with Gasteiger partial charge in [0.1, 0.15) is 18.4 Å². The second kappa shape index (κ2) is 13.3. The summed E-state index contributed by atoms with van der Waals surface area (Å²) in [6.07, 6.45) is 6.08. The Bertz CT molecular complexity index is 1250. The molecule has 2 aromatic carbocycles. The van der Waals surface area contributed by atoms with Crippen molar-refractivity contribution in [3.05, 3.63) is 62.8 Å². The van der Waals surface area contributed by atoms with Crippen molar-refractivity contribution in [2.45, 2.75) is 64.1 Å². The van der Waals surface area contributed by atoms with Gasteiger partial charge in [-0.1, -0.05) is 67.1 Å². The Labute approximate surface area is 238 Å². The van der Waals surface area contributed by atoms with Crippen molar-refractivity contribution in [2.75, 3.05) is 17.1 Å². The number of benzene rings is 2. The number of hydrogen-bond acceptors (Lipinski definition) is 4. The molecule has 7 nitrogen and oxygen atoms in total. The van der Waals surface area contributed by atoms with Crippen molar-refractivity contribution in [3.63, 3.8) is 0 Å². The zero-order chi connectivity index (χ0) is 28.0. The summed E-state index contributed by atoms with van der Waals surface area (Å²) < 4.78 is 40.0. The number of rotatable bonds is 10. The maximum absolute atomic E-state index is 13.8. The fraction of sp³-hybridized carbons (Fsp3) is 0.462. The second-order valence-corrected chi connectivity index (χ2v) is 12.5. The first-order chi connectivity index (χ1) is 17.9. The Balaban J connectivity index is 1.97. The van der Waals surface area contributed by atoms with Crippen LogP contribution >= 0.6 is 34.8 Å². The van der Waals surface area contributed by atoms with Crippen LogP contribution in [0, 0.1) is 5.82 Å². The van der Waals surface area contributed by atoms with Crippen LogP contribution in [-0.2, 0) is 26.2 Å². The van der Waals surface area contributed by atoms with E-state index in [0.29, 0.717) is 15.6 Å². The number of carbonyl (C=O) groups excluding carboxylic acids is 2. The third-order valence-corrected chi connectivity index (χ3v) is 8.74. The molecule has 0 unspecified atom stereocenters. The van der Waals surface area contributed by atoms with E-state index in [0.717, 1.165) is 54.8 Å². The third kappa shape index (κ3) is 7.74. The highest BCUT2D eigenvalue weighted by Crippen LogP contribution is 2.29. The minimum Gasteiger partial charge on any atom is -0.352 e. The van der Waals surface area contributed by atoms with E-state index >= 15 is 0 Å². The van der Waals surface area contributed by atoms with E-state index in [1.807, 2.05) is 0 Å². The van der Waals surface area contributed by atoms with Crippen molar-refractivity contribution in [3.8, 4) is 0 Å². The number of carbonyl (C=O) groups is 2. The average Bonchev–Trinajstić information content (AvgIpc) is 2.85. The topological polar surface area (TPSA) is 86.8 Å². The quantitative estimate of drug-likeness (QED) is 0.370. The standard InChI is InChI=1S/C26H31Cl3FN3O4S/c1-3-24(26(35)31-17-8-5-4-6-9-17)32(15-19-20(27)10-7-11-21(19)28)25(34)16-33(38(2,36)37)18-12-13-23(30)22(29)14-18/h7,10-14,17,24H,3-6,8-9,15-16H2,1-2H3,(H,31,35)/t24-/m1/s1. The molecule has 0 spiro atoms. The van der Waals surface area contributed by atoms with Crippen LogP contribution in [0.4, 0.5) is 10.1 Å². The molecule has 0 aromatic heterocycles. The van der Waals surface area contributed by atoms with E-state index in [2.05, 4.69) is 5.32 Å². The number of nitrogens with zero attached hydrogens (tertiary/aromatic N) is 2. The molecule has 0 bridgehead atoms. The largest absolute Gasteiger partial charge is 0.352 e. The highest BCUT2D eigenvalue weighted by atomic mass is 35.5. The molecule has 208 valence electrons. The molecule has 3 rings (SSSR count). The predicted molar refractivity (Wildman–Crippen MR) is 150 cm³/mol. The van der Waals surface area contributed by atoms with Crippen LogP contribution in [0.1, 0.15) is 51.0 Å². The summed E-state index contributed by atoms with van der Waals surface area (Å²) in [5.41, 5.74) is 0.450. The minimum atomic E-state index is -3.99. The number of halogens is 4. The fourth-order valence-electron chi connectivity index (χ4n) is 4.57. The van der Waals surface area contributed by atoms with Gasteiger partial charge in [-0.05, 0) is 49.6 Å². The smallest absolute Gasteiger partial charge is 0.244 e. The lowest BCUT2D eigenvalue weighted by Crippen LogP contribution is -2.54.